The normalized spacial score (nSPS) is 10.1. The largest absolute Gasteiger partial charge is 0.352 e. The molecule has 0 fully saturated rings. The van der Waals surface area contributed by atoms with Crippen molar-refractivity contribution in [2.24, 2.45) is 0 Å². The van der Waals surface area contributed by atoms with Crippen molar-refractivity contribution in [1.82, 2.24) is 10.6 Å². The van der Waals surface area contributed by atoms with E-state index in [1.165, 1.54) is 6.92 Å². The van der Waals surface area contributed by atoms with Crippen molar-refractivity contribution in [1.29, 1.82) is 0 Å². The van der Waals surface area contributed by atoms with Crippen LogP contribution in [0.3, 0.4) is 0 Å². The maximum absolute atomic E-state index is 12.1. The molecule has 6 heteroatoms. The standard InChI is InChI=1S/C20H23N3O3/c1-14-5-3-4-6-18(14)20(26)21-12-11-19(25)22-13-16-7-9-17(10-8-16)23-15(2)24/h3-10H,11-13H2,1-2H3,(H,21,26)(H,22,25)(H,23,24). The van der Waals surface area contributed by atoms with Crippen molar-refractivity contribution in [2.45, 2.75) is 26.8 Å². The van der Waals surface area contributed by atoms with E-state index in [1.807, 2.05) is 37.3 Å². The van der Waals surface area contributed by atoms with Crippen molar-refractivity contribution in [3.05, 3.63) is 65.2 Å². The van der Waals surface area contributed by atoms with E-state index >= 15 is 0 Å². The highest BCUT2D eigenvalue weighted by Gasteiger charge is 2.08. The minimum absolute atomic E-state index is 0.126. The predicted octanol–water partition coefficient (Wildman–Crippen LogP) is 2.39. The van der Waals surface area contributed by atoms with Gasteiger partial charge in [0.15, 0.2) is 0 Å². The van der Waals surface area contributed by atoms with E-state index in [0.717, 1.165) is 11.1 Å². The van der Waals surface area contributed by atoms with Crippen molar-refractivity contribution in [2.75, 3.05) is 11.9 Å². The zero-order valence-electron chi connectivity index (χ0n) is 15.0. The first kappa shape index (κ1) is 19.2. The van der Waals surface area contributed by atoms with Crippen LogP contribution in [0.1, 0.15) is 34.8 Å². The highest BCUT2D eigenvalue weighted by molar-refractivity contribution is 5.95. The van der Waals surface area contributed by atoms with E-state index in [0.29, 0.717) is 17.8 Å². The van der Waals surface area contributed by atoms with Crippen molar-refractivity contribution in [3.63, 3.8) is 0 Å². The van der Waals surface area contributed by atoms with Gasteiger partial charge in [-0.15, -0.1) is 0 Å². The monoisotopic (exact) mass is 353 g/mol. The van der Waals surface area contributed by atoms with Gasteiger partial charge in [-0.1, -0.05) is 30.3 Å². The summed E-state index contributed by atoms with van der Waals surface area (Å²) in [6.07, 6.45) is 0.210. The zero-order chi connectivity index (χ0) is 18.9. The lowest BCUT2D eigenvalue weighted by molar-refractivity contribution is -0.121. The first-order chi connectivity index (χ1) is 12.5. The summed E-state index contributed by atoms with van der Waals surface area (Å²) in [6, 6.07) is 14.6. The fourth-order valence-electron chi connectivity index (χ4n) is 2.41. The minimum Gasteiger partial charge on any atom is -0.352 e. The van der Waals surface area contributed by atoms with Crippen LogP contribution in [-0.4, -0.2) is 24.3 Å². The molecule has 136 valence electrons. The Balaban J connectivity index is 1.71. The molecule has 3 amide bonds. The summed E-state index contributed by atoms with van der Waals surface area (Å²) in [5, 5.41) is 8.25. The number of benzene rings is 2. The van der Waals surface area contributed by atoms with Crippen molar-refractivity contribution in [3.8, 4) is 0 Å². The lowest BCUT2D eigenvalue weighted by atomic mass is 10.1. The summed E-state index contributed by atoms with van der Waals surface area (Å²) >= 11 is 0. The number of carbonyl (C=O) groups is 3. The summed E-state index contributed by atoms with van der Waals surface area (Å²) in [6.45, 7) is 4.00. The van der Waals surface area contributed by atoms with Crippen LogP contribution in [0.25, 0.3) is 0 Å². The van der Waals surface area contributed by atoms with Crippen LogP contribution >= 0.6 is 0 Å². The summed E-state index contributed by atoms with van der Waals surface area (Å²) in [4.78, 5) is 34.9. The number of hydrogen-bond donors (Lipinski definition) is 3. The number of anilines is 1. The van der Waals surface area contributed by atoms with Crippen molar-refractivity contribution < 1.29 is 14.4 Å². The molecule has 0 spiro atoms. The maximum atomic E-state index is 12.1. The molecule has 0 bridgehead atoms. The number of aryl methyl sites for hydroxylation is 1. The lowest BCUT2D eigenvalue weighted by Crippen LogP contribution is -2.30. The number of rotatable bonds is 7. The number of carbonyl (C=O) groups excluding carboxylic acids is 3. The molecular weight excluding hydrogens is 330 g/mol. The fourth-order valence-corrected chi connectivity index (χ4v) is 2.41. The topological polar surface area (TPSA) is 87.3 Å². The summed E-state index contributed by atoms with van der Waals surface area (Å²) < 4.78 is 0. The Morgan fingerprint density at radius 1 is 0.923 bits per heavy atom. The van der Waals surface area contributed by atoms with E-state index in [9.17, 15) is 14.4 Å². The SMILES string of the molecule is CC(=O)Nc1ccc(CNC(=O)CCNC(=O)c2ccccc2C)cc1. The molecule has 0 radical (unpaired) electrons. The molecule has 0 saturated carbocycles. The molecule has 2 aromatic rings. The Morgan fingerprint density at radius 2 is 1.62 bits per heavy atom. The molecule has 3 N–H and O–H groups in total. The second kappa shape index (κ2) is 9.36. The molecule has 0 aromatic heterocycles. The van der Waals surface area contributed by atoms with Gasteiger partial charge in [-0.2, -0.15) is 0 Å². The maximum Gasteiger partial charge on any atom is 0.251 e. The molecule has 0 atom stereocenters. The van der Waals surface area contributed by atoms with Gasteiger partial charge in [0.25, 0.3) is 5.91 Å². The van der Waals surface area contributed by atoms with Crippen molar-refractivity contribution >= 4 is 23.4 Å². The summed E-state index contributed by atoms with van der Waals surface area (Å²) in [7, 11) is 0. The van der Waals surface area contributed by atoms with Crippen LogP contribution in [-0.2, 0) is 16.1 Å². The smallest absolute Gasteiger partial charge is 0.251 e. The Labute approximate surface area is 153 Å². The van der Waals surface area contributed by atoms with E-state index < -0.39 is 0 Å². The molecule has 0 saturated heterocycles. The number of nitrogens with one attached hydrogen (secondary N) is 3. The lowest BCUT2D eigenvalue weighted by Gasteiger charge is -2.09. The van der Waals surface area contributed by atoms with E-state index in [4.69, 9.17) is 0 Å². The van der Waals surface area contributed by atoms with Crippen LogP contribution in [0.15, 0.2) is 48.5 Å². The second-order valence-electron chi connectivity index (χ2n) is 5.98. The van der Waals surface area contributed by atoms with Gasteiger partial charge in [-0.25, -0.2) is 0 Å². The molecule has 26 heavy (non-hydrogen) atoms. The first-order valence-electron chi connectivity index (χ1n) is 8.43. The molecule has 0 unspecified atom stereocenters. The molecule has 0 heterocycles. The van der Waals surface area contributed by atoms with E-state index in [1.54, 1.807) is 18.2 Å². The molecule has 0 aliphatic rings. The minimum atomic E-state index is -0.176. The predicted molar refractivity (Wildman–Crippen MR) is 101 cm³/mol. The van der Waals surface area contributed by atoms with Gasteiger partial charge >= 0.3 is 0 Å². The number of hydrogen-bond acceptors (Lipinski definition) is 3. The van der Waals surface area contributed by atoms with E-state index in [2.05, 4.69) is 16.0 Å². The van der Waals surface area contributed by atoms with Gasteiger partial charge in [0, 0.05) is 37.7 Å². The van der Waals surface area contributed by atoms with Gasteiger partial charge in [0.1, 0.15) is 0 Å². The Hall–Kier alpha value is -3.15. The van der Waals surface area contributed by atoms with Crippen LogP contribution in [0.2, 0.25) is 0 Å². The third-order valence-corrected chi connectivity index (χ3v) is 3.79. The summed E-state index contributed by atoms with van der Waals surface area (Å²) in [5.74, 6) is -0.440. The fraction of sp³-hybridized carbons (Fsp3) is 0.250. The van der Waals surface area contributed by atoms with Gasteiger partial charge in [-0.3, -0.25) is 14.4 Å². The van der Waals surface area contributed by atoms with Crippen LogP contribution in [0, 0.1) is 6.92 Å². The van der Waals surface area contributed by atoms with Crippen LogP contribution in [0.4, 0.5) is 5.69 Å². The second-order valence-corrected chi connectivity index (χ2v) is 5.98. The molecular formula is C20H23N3O3. The Kier molecular flexibility index (Phi) is 6.91. The molecule has 6 nitrogen and oxygen atoms in total. The third kappa shape index (κ3) is 6.05. The molecule has 0 aliphatic carbocycles. The van der Waals surface area contributed by atoms with Crippen LogP contribution in [0.5, 0.6) is 0 Å². The average Bonchev–Trinajstić information content (AvgIpc) is 2.61. The van der Waals surface area contributed by atoms with Gasteiger partial charge in [0.05, 0.1) is 0 Å². The zero-order valence-corrected chi connectivity index (χ0v) is 15.0. The van der Waals surface area contributed by atoms with Gasteiger partial charge < -0.3 is 16.0 Å². The number of amides is 3. The third-order valence-electron chi connectivity index (χ3n) is 3.79. The first-order valence-corrected chi connectivity index (χ1v) is 8.43. The Bertz CT molecular complexity index is 785. The average molecular weight is 353 g/mol. The Morgan fingerprint density at radius 3 is 2.27 bits per heavy atom. The summed E-state index contributed by atoms with van der Waals surface area (Å²) in [5.41, 5.74) is 3.16. The highest BCUT2D eigenvalue weighted by atomic mass is 16.2. The van der Waals surface area contributed by atoms with Gasteiger partial charge in [0.2, 0.25) is 11.8 Å². The highest BCUT2D eigenvalue weighted by Crippen LogP contribution is 2.09. The van der Waals surface area contributed by atoms with Crippen LogP contribution < -0.4 is 16.0 Å². The van der Waals surface area contributed by atoms with E-state index in [-0.39, 0.29) is 30.7 Å². The molecule has 2 aromatic carbocycles. The quantitative estimate of drug-likeness (QED) is 0.714. The van der Waals surface area contributed by atoms with Gasteiger partial charge in [-0.05, 0) is 36.2 Å². The molecule has 2 rings (SSSR count). The molecule has 0 aliphatic heterocycles.